The van der Waals surface area contributed by atoms with Crippen molar-refractivity contribution >= 4 is 17.9 Å². The van der Waals surface area contributed by atoms with Gasteiger partial charge in [0.2, 0.25) is 0 Å². The maximum absolute atomic E-state index is 11.7. The van der Waals surface area contributed by atoms with Gasteiger partial charge >= 0.3 is 12.0 Å². The zero-order valence-electron chi connectivity index (χ0n) is 11.4. The first kappa shape index (κ1) is 15.2. The minimum absolute atomic E-state index is 0.252. The number of carbonyl (C=O) groups excluding carboxylic acids is 3. The first-order valence-corrected chi connectivity index (χ1v) is 6.30. The maximum atomic E-state index is 11.7. The van der Waals surface area contributed by atoms with Gasteiger partial charge in [0.05, 0.1) is 0 Å². The lowest BCUT2D eigenvalue weighted by molar-refractivity contribution is -0.153. The minimum atomic E-state index is -1.02. The van der Waals surface area contributed by atoms with Gasteiger partial charge in [0.15, 0.2) is 6.10 Å². The van der Waals surface area contributed by atoms with Crippen molar-refractivity contribution in [1.29, 1.82) is 0 Å². The van der Waals surface area contributed by atoms with Crippen molar-refractivity contribution in [3.05, 3.63) is 11.6 Å². The summed E-state index contributed by atoms with van der Waals surface area (Å²) in [5, 5.41) is 1.92. The van der Waals surface area contributed by atoms with E-state index in [1.165, 1.54) is 6.08 Å². The van der Waals surface area contributed by atoms with Crippen LogP contribution < -0.4 is 11.1 Å². The Labute approximate surface area is 112 Å². The van der Waals surface area contributed by atoms with Crippen LogP contribution in [0.5, 0.6) is 0 Å². The molecule has 6 nitrogen and oxygen atoms in total. The monoisotopic (exact) mass is 268 g/mol. The van der Waals surface area contributed by atoms with Gasteiger partial charge in [-0.2, -0.15) is 0 Å². The van der Waals surface area contributed by atoms with Crippen LogP contribution in [-0.4, -0.2) is 24.0 Å². The third kappa shape index (κ3) is 5.11. The van der Waals surface area contributed by atoms with Gasteiger partial charge in [0, 0.05) is 6.08 Å². The van der Waals surface area contributed by atoms with Crippen molar-refractivity contribution in [2.24, 2.45) is 17.6 Å². The number of hydrogen-bond acceptors (Lipinski definition) is 4. The van der Waals surface area contributed by atoms with Crippen LogP contribution in [0.2, 0.25) is 0 Å². The van der Waals surface area contributed by atoms with Crippen LogP contribution in [0.25, 0.3) is 0 Å². The summed E-state index contributed by atoms with van der Waals surface area (Å²) >= 11 is 0. The van der Waals surface area contributed by atoms with Gasteiger partial charge in [-0.1, -0.05) is 19.4 Å². The summed E-state index contributed by atoms with van der Waals surface area (Å²) in [6, 6.07) is -0.962. The lowest BCUT2D eigenvalue weighted by Crippen LogP contribution is -2.45. The molecule has 106 valence electrons. The van der Waals surface area contributed by atoms with Crippen molar-refractivity contribution in [2.75, 3.05) is 0 Å². The summed E-state index contributed by atoms with van der Waals surface area (Å²) < 4.78 is 5.09. The highest BCUT2D eigenvalue weighted by molar-refractivity contribution is 5.97. The molecule has 0 aromatic carbocycles. The Morgan fingerprint density at radius 1 is 1.32 bits per heavy atom. The number of urea groups is 1. The van der Waals surface area contributed by atoms with Crippen molar-refractivity contribution in [2.45, 2.75) is 39.7 Å². The molecule has 0 unspecified atom stereocenters. The highest BCUT2D eigenvalue weighted by Crippen LogP contribution is 2.35. The zero-order valence-corrected chi connectivity index (χ0v) is 11.4. The number of carbonyl (C=O) groups is 3. The lowest BCUT2D eigenvalue weighted by atomic mass is 10.1. The second-order valence-electron chi connectivity index (χ2n) is 5.12. The molecule has 0 saturated heterocycles. The van der Waals surface area contributed by atoms with Crippen molar-refractivity contribution in [1.82, 2.24) is 5.32 Å². The Balaban J connectivity index is 2.62. The summed E-state index contributed by atoms with van der Waals surface area (Å²) in [6.07, 6.45) is 2.56. The molecule has 3 amide bonds. The van der Waals surface area contributed by atoms with Crippen molar-refractivity contribution < 1.29 is 19.1 Å². The van der Waals surface area contributed by atoms with Gasteiger partial charge in [-0.15, -0.1) is 0 Å². The van der Waals surface area contributed by atoms with E-state index in [1.54, 1.807) is 13.8 Å². The Kier molecular flexibility index (Phi) is 5.09. The van der Waals surface area contributed by atoms with Crippen LogP contribution in [0.3, 0.4) is 0 Å². The Hall–Kier alpha value is -1.85. The molecule has 0 radical (unpaired) electrons. The van der Waals surface area contributed by atoms with Crippen molar-refractivity contribution in [3.63, 3.8) is 0 Å². The average Bonchev–Trinajstić information content (AvgIpc) is 3.07. The first-order valence-electron chi connectivity index (χ1n) is 6.30. The lowest BCUT2D eigenvalue weighted by Gasteiger charge is -2.19. The molecular formula is C13H20N2O4. The Morgan fingerprint density at radius 3 is 2.32 bits per heavy atom. The smallest absolute Gasteiger partial charge is 0.331 e. The molecule has 1 atom stereocenters. The molecule has 1 fully saturated rings. The van der Waals surface area contributed by atoms with Crippen LogP contribution in [0, 0.1) is 11.8 Å². The van der Waals surface area contributed by atoms with E-state index in [9.17, 15) is 14.4 Å². The fourth-order valence-electron chi connectivity index (χ4n) is 1.69. The summed E-state index contributed by atoms with van der Waals surface area (Å²) in [4.78, 5) is 34.0. The quantitative estimate of drug-likeness (QED) is 0.576. The van der Waals surface area contributed by atoms with Crippen LogP contribution in [-0.2, 0) is 14.3 Å². The SMILES string of the molecule is C/C(=C/C(=O)O[C@H](C(=O)NC(N)=O)C(C)C)C1CC1. The minimum Gasteiger partial charge on any atom is -0.449 e. The van der Waals surface area contributed by atoms with Crippen LogP contribution >= 0.6 is 0 Å². The summed E-state index contributed by atoms with van der Waals surface area (Å²) in [6.45, 7) is 5.30. The van der Waals surface area contributed by atoms with Crippen LogP contribution in [0.15, 0.2) is 11.6 Å². The van der Waals surface area contributed by atoms with Crippen molar-refractivity contribution in [3.8, 4) is 0 Å². The largest absolute Gasteiger partial charge is 0.449 e. The number of allylic oxidation sites excluding steroid dienone is 1. The highest BCUT2D eigenvalue weighted by atomic mass is 16.5. The molecule has 1 aliphatic carbocycles. The van der Waals surface area contributed by atoms with E-state index in [2.05, 4.69) is 0 Å². The van der Waals surface area contributed by atoms with Gasteiger partial charge < -0.3 is 10.5 Å². The molecule has 3 N–H and O–H groups in total. The van der Waals surface area contributed by atoms with E-state index in [0.29, 0.717) is 5.92 Å². The molecule has 1 aliphatic rings. The second kappa shape index (κ2) is 6.36. The van der Waals surface area contributed by atoms with Gasteiger partial charge in [0.25, 0.3) is 5.91 Å². The highest BCUT2D eigenvalue weighted by Gasteiger charge is 2.28. The molecule has 0 spiro atoms. The number of primary amides is 1. The Morgan fingerprint density at radius 2 is 1.89 bits per heavy atom. The molecule has 1 saturated carbocycles. The van der Waals surface area contributed by atoms with E-state index >= 15 is 0 Å². The molecule has 1 rings (SSSR count). The summed E-state index contributed by atoms with van der Waals surface area (Å²) in [5.74, 6) is -1.06. The number of amides is 3. The third-order valence-electron chi connectivity index (χ3n) is 2.92. The number of nitrogens with two attached hydrogens (primary N) is 1. The molecule has 0 heterocycles. The van der Waals surface area contributed by atoms with Gasteiger partial charge in [-0.25, -0.2) is 9.59 Å². The average molecular weight is 268 g/mol. The van der Waals surface area contributed by atoms with E-state index in [4.69, 9.17) is 10.5 Å². The standard InChI is InChI=1S/C13H20N2O4/c1-7(2)11(12(17)15-13(14)18)19-10(16)6-8(3)9-4-5-9/h6-7,9,11H,4-5H2,1-3H3,(H3,14,15,17,18)/b8-6-/t11-/m0/s1. The fourth-order valence-corrected chi connectivity index (χ4v) is 1.69. The number of imide groups is 1. The van der Waals surface area contributed by atoms with E-state index in [1.807, 2.05) is 12.2 Å². The van der Waals surface area contributed by atoms with E-state index in [-0.39, 0.29) is 5.92 Å². The fraction of sp³-hybridized carbons (Fsp3) is 0.615. The molecule has 19 heavy (non-hydrogen) atoms. The van der Waals surface area contributed by atoms with Crippen LogP contribution in [0.4, 0.5) is 4.79 Å². The normalized spacial score (nSPS) is 16.9. The van der Waals surface area contributed by atoms with E-state index < -0.39 is 24.0 Å². The first-order chi connectivity index (χ1) is 8.81. The third-order valence-corrected chi connectivity index (χ3v) is 2.92. The van der Waals surface area contributed by atoms with Gasteiger partial charge in [-0.3, -0.25) is 10.1 Å². The molecule has 0 bridgehead atoms. The second-order valence-corrected chi connectivity index (χ2v) is 5.12. The summed E-state index contributed by atoms with van der Waals surface area (Å²) in [5.41, 5.74) is 5.83. The summed E-state index contributed by atoms with van der Waals surface area (Å²) in [7, 11) is 0. The topological polar surface area (TPSA) is 98.5 Å². The van der Waals surface area contributed by atoms with Crippen LogP contribution in [0.1, 0.15) is 33.6 Å². The number of rotatable bonds is 5. The van der Waals surface area contributed by atoms with E-state index in [0.717, 1.165) is 18.4 Å². The molecule has 0 aromatic heterocycles. The Bertz CT molecular complexity index is 411. The maximum Gasteiger partial charge on any atom is 0.331 e. The molecule has 0 aliphatic heterocycles. The number of nitrogens with one attached hydrogen (secondary N) is 1. The van der Waals surface area contributed by atoms with Gasteiger partial charge in [0.1, 0.15) is 0 Å². The predicted molar refractivity (Wildman–Crippen MR) is 68.9 cm³/mol. The predicted octanol–water partition coefficient (Wildman–Crippen LogP) is 1.11. The number of esters is 1. The number of hydrogen-bond donors (Lipinski definition) is 2. The molecule has 0 aromatic rings. The number of ether oxygens (including phenoxy) is 1. The zero-order chi connectivity index (χ0) is 14.6. The molecular weight excluding hydrogens is 248 g/mol. The molecule has 6 heteroatoms. The van der Waals surface area contributed by atoms with Gasteiger partial charge in [-0.05, 0) is 31.6 Å².